The quantitative estimate of drug-likeness (QED) is 0.615. The number of nitrogens with one attached hydrogen (secondary N) is 1. The third-order valence-corrected chi connectivity index (χ3v) is 2.33. The van der Waals surface area contributed by atoms with E-state index in [1.165, 1.54) is 6.92 Å². The molecule has 0 saturated carbocycles. The number of rotatable bonds is 6. The van der Waals surface area contributed by atoms with Crippen LogP contribution in [0.3, 0.4) is 0 Å². The van der Waals surface area contributed by atoms with E-state index in [0.29, 0.717) is 11.4 Å². The van der Waals surface area contributed by atoms with E-state index in [-0.39, 0.29) is 12.4 Å². The maximum Gasteiger partial charge on any atom is 0.336 e. The Bertz CT molecular complexity index is 414. The number of carbonyl (C=O) groups excluding carboxylic acids is 2. The lowest BCUT2D eigenvalue weighted by atomic mass is 10.2. The number of ketones is 1. The van der Waals surface area contributed by atoms with Crippen molar-refractivity contribution in [2.75, 3.05) is 19.0 Å². The summed E-state index contributed by atoms with van der Waals surface area (Å²) in [4.78, 5) is 23.0. The van der Waals surface area contributed by atoms with Crippen LogP contribution in [0.4, 0.5) is 5.69 Å². The molecule has 0 aliphatic heterocycles. The van der Waals surface area contributed by atoms with E-state index >= 15 is 0 Å². The zero-order valence-electron chi connectivity index (χ0n) is 10.7. The third-order valence-electron chi connectivity index (χ3n) is 2.33. The average molecular weight is 251 g/mol. The van der Waals surface area contributed by atoms with Crippen molar-refractivity contribution in [3.63, 3.8) is 0 Å². The number of hydrogen-bond acceptors (Lipinski definition) is 5. The molecule has 0 spiro atoms. The van der Waals surface area contributed by atoms with E-state index in [9.17, 15) is 9.59 Å². The SMILES string of the molecule is CCOC(=O)C(Nc1ccc(OC)cc1)C(C)=O. The predicted octanol–water partition coefficient (Wildman–Crippen LogP) is 1.63. The highest BCUT2D eigenvalue weighted by Gasteiger charge is 2.24. The Hall–Kier alpha value is -2.04. The van der Waals surface area contributed by atoms with Gasteiger partial charge in [-0.2, -0.15) is 0 Å². The van der Waals surface area contributed by atoms with E-state index in [2.05, 4.69) is 5.32 Å². The number of hydrogen-bond donors (Lipinski definition) is 1. The van der Waals surface area contributed by atoms with Gasteiger partial charge < -0.3 is 14.8 Å². The van der Waals surface area contributed by atoms with Crippen molar-refractivity contribution < 1.29 is 19.1 Å². The number of Topliss-reactive ketones (excluding diaryl/α,β-unsaturated/α-hetero) is 1. The van der Waals surface area contributed by atoms with Crippen molar-refractivity contribution in [2.24, 2.45) is 0 Å². The summed E-state index contributed by atoms with van der Waals surface area (Å²) in [6.07, 6.45) is 0. The standard InChI is InChI=1S/C13H17NO4/c1-4-18-13(16)12(9(2)15)14-10-5-7-11(17-3)8-6-10/h5-8,12,14H,4H2,1-3H3. The van der Waals surface area contributed by atoms with Crippen molar-refractivity contribution in [3.8, 4) is 5.75 Å². The summed E-state index contributed by atoms with van der Waals surface area (Å²) in [5.41, 5.74) is 0.657. The lowest BCUT2D eigenvalue weighted by Gasteiger charge is -2.15. The van der Waals surface area contributed by atoms with Gasteiger partial charge in [-0.3, -0.25) is 4.79 Å². The van der Waals surface area contributed by atoms with Gasteiger partial charge in [-0.25, -0.2) is 4.79 Å². The van der Waals surface area contributed by atoms with Crippen LogP contribution in [0, 0.1) is 0 Å². The summed E-state index contributed by atoms with van der Waals surface area (Å²) >= 11 is 0. The van der Waals surface area contributed by atoms with Crippen LogP contribution in [0.1, 0.15) is 13.8 Å². The Morgan fingerprint density at radius 1 is 1.28 bits per heavy atom. The van der Waals surface area contributed by atoms with Gasteiger partial charge in [0.05, 0.1) is 13.7 Å². The van der Waals surface area contributed by atoms with E-state index in [0.717, 1.165) is 0 Å². The first kappa shape index (κ1) is 14.0. The van der Waals surface area contributed by atoms with Gasteiger partial charge in [-0.05, 0) is 38.1 Å². The molecule has 1 unspecified atom stereocenters. The molecule has 0 heterocycles. The Labute approximate surface area is 106 Å². The van der Waals surface area contributed by atoms with Crippen LogP contribution in [0.5, 0.6) is 5.75 Å². The summed E-state index contributed by atoms with van der Waals surface area (Å²) in [5, 5.41) is 2.83. The molecule has 0 saturated heterocycles. The van der Waals surface area contributed by atoms with Gasteiger partial charge in [0, 0.05) is 5.69 Å². The molecule has 0 aliphatic carbocycles. The van der Waals surface area contributed by atoms with Gasteiger partial charge in [0.2, 0.25) is 0 Å². The van der Waals surface area contributed by atoms with E-state index < -0.39 is 12.0 Å². The van der Waals surface area contributed by atoms with Crippen LogP contribution < -0.4 is 10.1 Å². The van der Waals surface area contributed by atoms with Crippen LogP contribution in [-0.4, -0.2) is 31.5 Å². The number of benzene rings is 1. The van der Waals surface area contributed by atoms with Crippen LogP contribution >= 0.6 is 0 Å². The Morgan fingerprint density at radius 2 is 1.89 bits per heavy atom. The predicted molar refractivity (Wildman–Crippen MR) is 67.7 cm³/mol. The Morgan fingerprint density at radius 3 is 2.33 bits per heavy atom. The zero-order valence-corrected chi connectivity index (χ0v) is 10.7. The fraction of sp³-hybridized carbons (Fsp3) is 0.385. The molecule has 0 fully saturated rings. The number of ether oxygens (including phenoxy) is 2. The van der Waals surface area contributed by atoms with Crippen molar-refractivity contribution >= 4 is 17.4 Å². The fourth-order valence-electron chi connectivity index (χ4n) is 1.41. The molecule has 18 heavy (non-hydrogen) atoms. The van der Waals surface area contributed by atoms with E-state index in [1.807, 2.05) is 0 Å². The molecule has 0 aliphatic rings. The first-order chi connectivity index (χ1) is 8.58. The summed E-state index contributed by atoms with van der Waals surface area (Å²) in [6.45, 7) is 3.29. The summed E-state index contributed by atoms with van der Waals surface area (Å²) in [5.74, 6) is -0.152. The van der Waals surface area contributed by atoms with Crippen LogP contribution in [0.15, 0.2) is 24.3 Å². The average Bonchev–Trinajstić information content (AvgIpc) is 2.36. The van der Waals surface area contributed by atoms with Gasteiger partial charge in [0.1, 0.15) is 5.75 Å². The number of esters is 1. The van der Waals surface area contributed by atoms with Crippen molar-refractivity contribution in [1.29, 1.82) is 0 Å². The lowest BCUT2D eigenvalue weighted by Crippen LogP contribution is -2.37. The van der Waals surface area contributed by atoms with Crippen molar-refractivity contribution in [2.45, 2.75) is 19.9 Å². The third kappa shape index (κ3) is 3.76. The molecule has 0 amide bonds. The Kier molecular flexibility index (Phi) is 5.17. The van der Waals surface area contributed by atoms with Gasteiger partial charge in [-0.1, -0.05) is 0 Å². The van der Waals surface area contributed by atoms with E-state index in [4.69, 9.17) is 9.47 Å². The molecular formula is C13H17NO4. The molecule has 1 aromatic carbocycles. The lowest BCUT2D eigenvalue weighted by molar-refractivity contribution is -0.146. The summed E-state index contributed by atoms with van der Waals surface area (Å²) in [6, 6.07) is 5.97. The van der Waals surface area contributed by atoms with Crippen LogP contribution in [0.2, 0.25) is 0 Å². The minimum Gasteiger partial charge on any atom is -0.497 e. The largest absolute Gasteiger partial charge is 0.497 e. The zero-order chi connectivity index (χ0) is 13.5. The highest BCUT2D eigenvalue weighted by molar-refractivity contribution is 6.04. The van der Waals surface area contributed by atoms with Gasteiger partial charge in [-0.15, -0.1) is 0 Å². The molecule has 1 rings (SSSR count). The molecular weight excluding hydrogens is 234 g/mol. The first-order valence-electron chi connectivity index (χ1n) is 5.66. The van der Waals surface area contributed by atoms with Crippen LogP contribution in [-0.2, 0) is 14.3 Å². The highest BCUT2D eigenvalue weighted by atomic mass is 16.5. The molecule has 1 atom stereocenters. The van der Waals surface area contributed by atoms with Crippen molar-refractivity contribution in [3.05, 3.63) is 24.3 Å². The second kappa shape index (κ2) is 6.64. The molecule has 1 aromatic rings. The molecule has 0 bridgehead atoms. The molecule has 98 valence electrons. The fourth-order valence-corrected chi connectivity index (χ4v) is 1.41. The number of anilines is 1. The molecule has 1 N–H and O–H groups in total. The maximum absolute atomic E-state index is 11.6. The normalized spacial score (nSPS) is 11.5. The van der Waals surface area contributed by atoms with Crippen molar-refractivity contribution in [1.82, 2.24) is 0 Å². The molecule has 5 nitrogen and oxygen atoms in total. The van der Waals surface area contributed by atoms with Gasteiger partial charge in [0.15, 0.2) is 11.8 Å². The van der Waals surface area contributed by atoms with Crippen LogP contribution in [0.25, 0.3) is 0 Å². The topological polar surface area (TPSA) is 64.6 Å². The minimum absolute atomic E-state index is 0.243. The number of methoxy groups -OCH3 is 1. The minimum atomic E-state index is -0.974. The monoisotopic (exact) mass is 251 g/mol. The first-order valence-corrected chi connectivity index (χ1v) is 5.66. The second-order valence-electron chi connectivity index (χ2n) is 3.67. The highest BCUT2D eigenvalue weighted by Crippen LogP contribution is 2.16. The van der Waals surface area contributed by atoms with E-state index in [1.54, 1.807) is 38.3 Å². The maximum atomic E-state index is 11.6. The smallest absolute Gasteiger partial charge is 0.336 e. The molecule has 0 radical (unpaired) electrons. The summed E-state index contributed by atoms with van der Waals surface area (Å²) < 4.78 is 9.86. The Balaban J connectivity index is 2.76. The number of carbonyl (C=O) groups is 2. The van der Waals surface area contributed by atoms with Gasteiger partial charge >= 0.3 is 5.97 Å². The second-order valence-corrected chi connectivity index (χ2v) is 3.67. The molecule has 0 aromatic heterocycles. The molecule has 5 heteroatoms. The van der Waals surface area contributed by atoms with Gasteiger partial charge in [0.25, 0.3) is 0 Å². The summed E-state index contributed by atoms with van der Waals surface area (Å²) in [7, 11) is 1.57.